The minimum Gasteiger partial charge on any atom is -0.454 e. The van der Waals surface area contributed by atoms with Crippen molar-refractivity contribution < 1.29 is 31.9 Å². The normalized spacial score (nSPS) is 12.2. The number of likely N-dealkylation sites (N-methyl/N-ethyl adjacent to an activating group) is 1. The number of halogens is 1. The number of hydrogen-bond acceptors (Lipinski definition) is 6. The van der Waals surface area contributed by atoms with Crippen LogP contribution in [0.2, 0.25) is 0 Å². The highest BCUT2D eigenvalue weighted by molar-refractivity contribution is 7.92. The number of benzene rings is 3. The molecule has 3 aromatic rings. The van der Waals surface area contributed by atoms with E-state index in [2.05, 4.69) is 10.0 Å². The van der Waals surface area contributed by atoms with Crippen LogP contribution in [0.15, 0.2) is 71.6 Å². The van der Waals surface area contributed by atoms with E-state index in [1.54, 1.807) is 6.07 Å². The number of amides is 2. The highest BCUT2D eigenvalue weighted by atomic mass is 32.2. The largest absolute Gasteiger partial charge is 0.454 e. The van der Waals surface area contributed by atoms with Gasteiger partial charge < -0.3 is 19.7 Å². The van der Waals surface area contributed by atoms with Gasteiger partial charge in [-0.05, 0) is 48.5 Å². The first-order valence-electron chi connectivity index (χ1n) is 10.0. The lowest BCUT2D eigenvalue weighted by atomic mass is 10.2. The molecule has 9 nitrogen and oxygen atoms in total. The molecule has 0 bridgehead atoms. The first-order valence-corrected chi connectivity index (χ1v) is 11.5. The van der Waals surface area contributed by atoms with E-state index in [1.807, 2.05) is 0 Å². The summed E-state index contributed by atoms with van der Waals surface area (Å²) in [4.78, 5) is 26.0. The van der Waals surface area contributed by atoms with Gasteiger partial charge in [-0.1, -0.05) is 12.1 Å². The Kier molecular flexibility index (Phi) is 6.37. The third-order valence-corrected chi connectivity index (χ3v) is 6.23. The Morgan fingerprint density at radius 2 is 1.74 bits per heavy atom. The lowest BCUT2D eigenvalue weighted by molar-refractivity contribution is -0.116. The lowest BCUT2D eigenvalue weighted by Crippen LogP contribution is -2.35. The highest BCUT2D eigenvalue weighted by Crippen LogP contribution is 2.34. The summed E-state index contributed by atoms with van der Waals surface area (Å²) in [5.74, 6) is -0.666. The second-order valence-electron chi connectivity index (χ2n) is 7.42. The zero-order valence-corrected chi connectivity index (χ0v) is 18.8. The van der Waals surface area contributed by atoms with Crippen molar-refractivity contribution in [3.8, 4) is 11.5 Å². The van der Waals surface area contributed by atoms with Gasteiger partial charge in [-0.25, -0.2) is 12.8 Å². The molecule has 34 heavy (non-hydrogen) atoms. The fourth-order valence-electron chi connectivity index (χ4n) is 3.24. The van der Waals surface area contributed by atoms with E-state index in [1.165, 1.54) is 61.6 Å². The van der Waals surface area contributed by atoms with Crippen LogP contribution in [0, 0.1) is 5.82 Å². The Morgan fingerprint density at radius 3 is 2.53 bits per heavy atom. The van der Waals surface area contributed by atoms with Gasteiger partial charge in [0.1, 0.15) is 5.82 Å². The van der Waals surface area contributed by atoms with Crippen molar-refractivity contribution in [2.75, 3.05) is 30.4 Å². The number of hydrogen-bond donors (Lipinski definition) is 2. The number of nitrogens with zero attached hydrogens (tertiary/aromatic N) is 1. The van der Waals surface area contributed by atoms with Gasteiger partial charge in [-0.15, -0.1) is 0 Å². The van der Waals surface area contributed by atoms with Crippen molar-refractivity contribution >= 4 is 33.2 Å². The minimum absolute atomic E-state index is 0.0590. The number of fused-ring (bicyclic) bond motifs is 1. The van der Waals surface area contributed by atoms with Gasteiger partial charge >= 0.3 is 0 Å². The molecule has 3 aromatic carbocycles. The van der Waals surface area contributed by atoms with E-state index >= 15 is 0 Å². The molecule has 0 aliphatic carbocycles. The molecular weight excluding hydrogens is 465 g/mol. The van der Waals surface area contributed by atoms with Gasteiger partial charge in [0.25, 0.3) is 15.9 Å². The molecule has 0 spiro atoms. The first kappa shape index (κ1) is 23.1. The maximum absolute atomic E-state index is 13.3. The number of nitrogens with one attached hydrogen (secondary N) is 2. The van der Waals surface area contributed by atoms with Crippen LogP contribution in [0.3, 0.4) is 0 Å². The van der Waals surface area contributed by atoms with Crippen LogP contribution in [-0.4, -0.2) is 45.5 Å². The molecule has 2 N–H and O–H groups in total. The summed E-state index contributed by atoms with van der Waals surface area (Å²) >= 11 is 0. The quantitative estimate of drug-likeness (QED) is 0.532. The maximum Gasteiger partial charge on any atom is 0.261 e. The second-order valence-corrected chi connectivity index (χ2v) is 9.10. The highest BCUT2D eigenvalue weighted by Gasteiger charge is 2.21. The zero-order valence-electron chi connectivity index (χ0n) is 17.9. The lowest BCUT2D eigenvalue weighted by Gasteiger charge is -2.17. The molecule has 0 aromatic heterocycles. The summed E-state index contributed by atoms with van der Waals surface area (Å²) in [5, 5.41) is 2.50. The Labute approximate surface area is 195 Å². The summed E-state index contributed by atoms with van der Waals surface area (Å²) in [5.41, 5.74) is 0.607. The monoisotopic (exact) mass is 485 g/mol. The molecule has 0 atom stereocenters. The average Bonchev–Trinajstić information content (AvgIpc) is 3.26. The third-order valence-electron chi connectivity index (χ3n) is 4.85. The van der Waals surface area contributed by atoms with Crippen molar-refractivity contribution in [2.45, 2.75) is 4.90 Å². The van der Waals surface area contributed by atoms with Gasteiger partial charge in [-0.2, -0.15) is 0 Å². The number of ether oxygens (including phenoxy) is 2. The molecule has 1 heterocycles. The van der Waals surface area contributed by atoms with Crippen LogP contribution >= 0.6 is 0 Å². The third kappa shape index (κ3) is 5.26. The van der Waals surface area contributed by atoms with E-state index in [4.69, 9.17) is 9.47 Å². The van der Waals surface area contributed by atoms with Crippen LogP contribution in [-0.2, 0) is 14.8 Å². The number of sulfonamides is 1. The molecule has 0 saturated carbocycles. The topological polar surface area (TPSA) is 114 Å². The molecule has 0 radical (unpaired) electrons. The molecule has 176 valence electrons. The summed E-state index contributed by atoms with van der Waals surface area (Å²) < 4.78 is 51.9. The summed E-state index contributed by atoms with van der Waals surface area (Å²) in [6.45, 7) is -0.259. The van der Waals surface area contributed by atoms with Crippen molar-refractivity contribution in [1.29, 1.82) is 0 Å². The van der Waals surface area contributed by atoms with Crippen LogP contribution in [0.25, 0.3) is 0 Å². The van der Waals surface area contributed by atoms with E-state index in [-0.39, 0.29) is 35.2 Å². The van der Waals surface area contributed by atoms with Crippen molar-refractivity contribution in [1.82, 2.24) is 4.90 Å². The SMILES string of the molecule is CN(CC(=O)Nc1cccc(F)c1)C(=O)c1cccc(S(=O)(=O)Nc2ccc3c(c2)OCO3)c1. The van der Waals surface area contributed by atoms with Gasteiger partial charge in [0, 0.05) is 24.4 Å². The Balaban J connectivity index is 1.44. The van der Waals surface area contributed by atoms with Crippen molar-refractivity contribution in [2.24, 2.45) is 0 Å². The summed E-state index contributed by atoms with van der Waals surface area (Å²) in [6.07, 6.45) is 0. The molecule has 2 amide bonds. The fourth-order valence-corrected chi connectivity index (χ4v) is 4.34. The average molecular weight is 485 g/mol. The van der Waals surface area contributed by atoms with Crippen molar-refractivity contribution in [3.63, 3.8) is 0 Å². The van der Waals surface area contributed by atoms with E-state index in [9.17, 15) is 22.4 Å². The van der Waals surface area contributed by atoms with Crippen molar-refractivity contribution in [3.05, 3.63) is 78.1 Å². The molecule has 1 aliphatic heterocycles. The molecule has 0 fully saturated rings. The van der Waals surface area contributed by atoms with Gasteiger partial charge in [0.15, 0.2) is 11.5 Å². The standard InChI is InChI=1S/C23H20FN3O6S/c1-27(13-22(28)25-17-6-3-5-16(24)11-17)23(29)15-4-2-7-19(10-15)34(30,31)26-18-8-9-20-21(12-18)33-14-32-20/h2-12,26H,13-14H2,1H3,(H,25,28). The van der Waals surface area contributed by atoms with Gasteiger partial charge in [0.05, 0.1) is 17.1 Å². The van der Waals surface area contributed by atoms with Crippen LogP contribution in [0.4, 0.5) is 15.8 Å². The predicted molar refractivity (Wildman–Crippen MR) is 122 cm³/mol. The Hall–Kier alpha value is -4.12. The fraction of sp³-hybridized carbons (Fsp3) is 0.130. The van der Waals surface area contributed by atoms with Crippen LogP contribution < -0.4 is 19.5 Å². The molecule has 0 unspecified atom stereocenters. The van der Waals surface area contributed by atoms with E-state index < -0.39 is 27.7 Å². The Bertz CT molecular complexity index is 1360. The smallest absolute Gasteiger partial charge is 0.261 e. The van der Waals surface area contributed by atoms with E-state index in [0.717, 1.165) is 11.0 Å². The van der Waals surface area contributed by atoms with Gasteiger partial charge in [-0.3, -0.25) is 14.3 Å². The Morgan fingerprint density at radius 1 is 0.971 bits per heavy atom. The molecule has 11 heteroatoms. The van der Waals surface area contributed by atoms with Crippen LogP contribution in [0.1, 0.15) is 10.4 Å². The predicted octanol–water partition coefficient (Wildman–Crippen LogP) is 3.07. The number of carbonyl (C=O) groups excluding carboxylic acids is 2. The molecular formula is C23H20FN3O6S. The van der Waals surface area contributed by atoms with Crippen LogP contribution in [0.5, 0.6) is 11.5 Å². The molecule has 0 saturated heterocycles. The summed E-state index contributed by atoms with van der Waals surface area (Å²) in [7, 11) is -2.61. The number of rotatable bonds is 7. The minimum atomic E-state index is -4.01. The molecule has 1 aliphatic rings. The van der Waals surface area contributed by atoms with Gasteiger partial charge in [0.2, 0.25) is 12.7 Å². The maximum atomic E-state index is 13.3. The number of anilines is 2. The second kappa shape index (κ2) is 9.40. The summed E-state index contributed by atoms with van der Waals surface area (Å²) in [6, 6.07) is 15.4. The zero-order chi connectivity index (χ0) is 24.3. The van der Waals surface area contributed by atoms with E-state index in [0.29, 0.717) is 11.5 Å². The number of carbonyl (C=O) groups is 2. The molecule has 4 rings (SSSR count). The first-order chi connectivity index (χ1) is 16.2.